The largest absolute Gasteiger partial charge is 0.373 e. The lowest BCUT2D eigenvalue weighted by Gasteiger charge is -2.24. The molecule has 2 rings (SSSR count). The van der Waals surface area contributed by atoms with Gasteiger partial charge < -0.3 is 15.4 Å². The molecule has 0 saturated carbocycles. The molecular weight excluding hydrogens is 242 g/mol. The van der Waals surface area contributed by atoms with E-state index in [4.69, 9.17) is 4.74 Å². The van der Waals surface area contributed by atoms with Crippen molar-refractivity contribution in [3.8, 4) is 0 Å². The number of hydrogen-bond acceptors (Lipinski definition) is 3. The Balaban J connectivity index is 1.79. The van der Waals surface area contributed by atoms with Gasteiger partial charge in [-0.15, -0.1) is 0 Å². The van der Waals surface area contributed by atoms with Gasteiger partial charge in [-0.25, -0.2) is 0 Å². The molecule has 1 fully saturated rings. The molecule has 1 saturated heterocycles. The second-order valence-corrected chi connectivity index (χ2v) is 5.13. The maximum absolute atomic E-state index is 5.75. The maximum atomic E-state index is 5.75. The number of hydrogen-bond donors (Lipinski definition) is 2. The van der Waals surface area contributed by atoms with E-state index in [1.165, 1.54) is 0 Å². The van der Waals surface area contributed by atoms with E-state index >= 15 is 0 Å². The van der Waals surface area contributed by atoms with Crippen LogP contribution in [-0.4, -0.2) is 41.5 Å². The van der Waals surface area contributed by atoms with Crippen LogP contribution in [0.25, 0.3) is 0 Å². The average Bonchev–Trinajstić information content (AvgIpc) is 3.00. The number of nitrogens with zero attached hydrogens (tertiary/aromatic N) is 3. The summed E-state index contributed by atoms with van der Waals surface area (Å²) in [6.07, 6.45) is 4.03. The molecule has 1 aromatic heterocycles. The fourth-order valence-electron chi connectivity index (χ4n) is 2.22. The van der Waals surface area contributed by atoms with Gasteiger partial charge in [-0.2, -0.15) is 5.10 Å². The molecule has 0 amide bonds. The summed E-state index contributed by atoms with van der Waals surface area (Å²) in [5.41, 5.74) is 1.05. The second kappa shape index (κ2) is 6.06. The van der Waals surface area contributed by atoms with Crippen molar-refractivity contribution >= 4 is 5.96 Å². The summed E-state index contributed by atoms with van der Waals surface area (Å²) < 4.78 is 7.59. The molecule has 6 nitrogen and oxygen atoms in total. The van der Waals surface area contributed by atoms with Crippen LogP contribution in [0.1, 0.15) is 25.5 Å². The fourth-order valence-corrected chi connectivity index (χ4v) is 2.22. The first-order valence-electron chi connectivity index (χ1n) is 6.68. The molecule has 106 valence electrons. The Morgan fingerprint density at radius 1 is 1.58 bits per heavy atom. The normalized spacial score (nSPS) is 23.6. The Bertz CT molecular complexity index is 434. The van der Waals surface area contributed by atoms with E-state index in [9.17, 15) is 0 Å². The van der Waals surface area contributed by atoms with Crippen molar-refractivity contribution in [2.24, 2.45) is 12.0 Å². The lowest BCUT2D eigenvalue weighted by Crippen LogP contribution is -2.45. The first kappa shape index (κ1) is 13.9. The molecule has 0 spiro atoms. The Hall–Kier alpha value is -1.56. The highest BCUT2D eigenvalue weighted by molar-refractivity contribution is 5.79. The van der Waals surface area contributed by atoms with E-state index in [1.54, 1.807) is 13.2 Å². The van der Waals surface area contributed by atoms with Gasteiger partial charge in [-0.3, -0.25) is 9.67 Å². The van der Waals surface area contributed by atoms with Crippen LogP contribution in [0.4, 0.5) is 0 Å². The number of nitrogens with one attached hydrogen (secondary N) is 2. The van der Waals surface area contributed by atoms with E-state index in [0.717, 1.165) is 37.6 Å². The first-order chi connectivity index (χ1) is 9.13. The Kier molecular flexibility index (Phi) is 4.42. The molecule has 0 radical (unpaired) electrons. The molecule has 2 N–H and O–H groups in total. The highest BCUT2D eigenvalue weighted by Gasteiger charge is 2.29. The minimum absolute atomic E-state index is 0.0653. The molecule has 0 bridgehead atoms. The summed E-state index contributed by atoms with van der Waals surface area (Å²) in [4.78, 5) is 4.22. The van der Waals surface area contributed by atoms with Crippen LogP contribution in [0.3, 0.4) is 0 Å². The Labute approximate surface area is 114 Å². The molecule has 0 aromatic carbocycles. The van der Waals surface area contributed by atoms with Gasteiger partial charge in [0, 0.05) is 33.4 Å². The fraction of sp³-hybridized carbons (Fsp3) is 0.692. The number of aliphatic imine (C=N–C) groups is 1. The highest BCUT2D eigenvalue weighted by Crippen LogP contribution is 2.23. The van der Waals surface area contributed by atoms with Gasteiger partial charge in [0.2, 0.25) is 0 Å². The molecule has 1 aliphatic rings. The molecule has 1 aliphatic heterocycles. The molecule has 2 heterocycles. The summed E-state index contributed by atoms with van der Waals surface area (Å²) in [5.74, 6) is 0.790. The van der Waals surface area contributed by atoms with Crippen molar-refractivity contribution < 1.29 is 4.74 Å². The van der Waals surface area contributed by atoms with Gasteiger partial charge in [-0.05, 0) is 25.8 Å². The predicted octanol–water partition coefficient (Wildman–Crippen LogP) is 0.654. The van der Waals surface area contributed by atoms with Crippen molar-refractivity contribution in [2.75, 3.05) is 20.2 Å². The topological polar surface area (TPSA) is 63.5 Å². The van der Waals surface area contributed by atoms with E-state index in [-0.39, 0.29) is 5.60 Å². The van der Waals surface area contributed by atoms with Crippen molar-refractivity contribution in [3.63, 3.8) is 0 Å². The minimum Gasteiger partial charge on any atom is -0.373 e. The molecule has 1 aromatic rings. The standard InChI is InChI=1S/C13H23N5O/c1-13(6-4-8-19-13)10-16-12(14-2)15-9-11-5-7-17-18(11)3/h5,7H,4,6,8-10H2,1-3H3,(H2,14,15,16). The van der Waals surface area contributed by atoms with E-state index < -0.39 is 0 Å². The smallest absolute Gasteiger partial charge is 0.191 e. The van der Waals surface area contributed by atoms with Crippen LogP contribution >= 0.6 is 0 Å². The molecule has 19 heavy (non-hydrogen) atoms. The van der Waals surface area contributed by atoms with Crippen molar-refractivity contribution in [2.45, 2.75) is 31.9 Å². The third-order valence-electron chi connectivity index (χ3n) is 3.51. The zero-order valence-corrected chi connectivity index (χ0v) is 11.9. The van der Waals surface area contributed by atoms with E-state index in [0.29, 0.717) is 6.54 Å². The van der Waals surface area contributed by atoms with Crippen LogP contribution in [0.5, 0.6) is 0 Å². The van der Waals surface area contributed by atoms with Crippen molar-refractivity contribution in [1.29, 1.82) is 0 Å². The third kappa shape index (κ3) is 3.70. The summed E-state index contributed by atoms with van der Waals surface area (Å²) in [6, 6.07) is 1.99. The second-order valence-electron chi connectivity index (χ2n) is 5.13. The summed E-state index contributed by atoms with van der Waals surface area (Å²) in [5, 5.41) is 10.7. The molecular formula is C13H23N5O. The van der Waals surface area contributed by atoms with Crippen LogP contribution in [-0.2, 0) is 18.3 Å². The number of rotatable bonds is 4. The highest BCUT2D eigenvalue weighted by atomic mass is 16.5. The average molecular weight is 265 g/mol. The Morgan fingerprint density at radius 2 is 2.42 bits per heavy atom. The van der Waals surface area contributed by atoms with Crippen LogP contribution in [0, 0.1) is 0 Å². The molecule has 6 heteroatoms. The minimum atomic E-state index is -0.0653. The summed E-state index contributed by atoms with van der Waals surface area (Å²) in [7, 11) is 3.71. The number of guanidine groups is 1. The SMILES string of the molecule is CN=C(NCc1ccnn1C)NCC1(C)CCCO1. The zero-order chi connectivity index (χ0) is 13.7. The zero-order valence-electron chi connectivity index (χ0n) is 11.9. The predicted molar refractivity (Wildman–Crippen MR) is 75.0 cm³/mol. The lowest BCUT2D eigenvalue weighted by atomic mass is 10.0. The number of ether oxygens (including phenoxy) is 1. The molecule has 1 atom stereocenters. The van der Waals surface area contributed by atoms with Crippen LogP contribution in [0.2, 0.25) is 0 Å². The third-order valence-corrected chi connectivity index (χ3v) is 3.51. The summed E-state index contributed by atoms with van der Waals surface area (Å²) >= 11 is 0. The first-order valence-corrected chi connectivity index (χ1v) is 6.68. The van der Waals surface area contributed by atoms with Gasteiger partial charge in [0.25, 0.3) is 0 Å². The number of aromatic nitrogens is 2. The quantitative estimate of drug-likeness (QED) is 0.620. The number of aryl methyl sites for hydroxylation is 1. The van der Waals surface area contributed by atoms with Gasteiger partial charge in [-0.1, -0.05) is 0 Å². The van der Waals surface area contributed by atoms with E-state index in [1.807, 2.05) is 17.8 Å². The monoisotopic (exact) mass is 265 g/mol. The van der Waals surface area contributed by atoms with Gasteiger partial charge in [0.1, 0.15) is 0 Å². The Morgan fingerprint density at radius 3 is 3.00 bits per heavy atom. The van der Waals surface area contributed by atoms with Crippen LogP contribution < -0.4 is 10.6 Å². The van der Waals surface area contributed by atoms with Crippen LogP contribution in [0.15, 0.2) is 17.3 Å². The van der Waals surface area contributed by atoms with Gasteiger partial charge in [0.15, 0.2) is 5.96 Å². The van der Waals surface area contributed by atoms with Gasteiger partial charge in [0.05, 0.1) is 17.8 Å². The maximum Gasteiger partial charge on any atom is 0.191 e. The van der Waals surface area contributed by atoms with Crippen molar-refractivity contribution in [3.05, 3.63) is 18.0 Å². The van der Waals surface area contributed by atoms with E-state index in [2.05, 4.69) is 27.6 Å². The van der Waals surface area contributed by atoms with Crippen molar-refractivity contribution in [1.82, 2.24) is 20.4 Å². The van der Waals surface area contributed by atoms with Gasteiger partial charge >= 0.3 is 0 Å². The molecule has 0 aliphatic carbocycles. The summed E-state index contributed by atoms with van der Waals surface area (Å²) in [6.45, 7) is 4.48. The molecule has 1 unspecified atom stereocenters. The lowest BCUT2D eigenvalue weighted by molar-refractivity contribution is 0.0243.